The summed E-state index contributed by atoms with van der Waals surface area (Å²) in [6.07, 6.45) is 1.87. The molecule has 22 heavy (non-hydrogen) atoms. The number of aliphatic hydroxyl groups excluding tert-OH is 1. The normalized spacial score (nSPS) is 23.7. The van der Waals surface area contributed by atoms with E-state index in [1.54, 1.807) is 0 Å². The zero-order valence-electron chi connectivity index (χ0n) is 12.7. The van der Waals surface area contributed by atoms with Crippen molar-refractivity contribution in [2.45, 2.75) is 25.5 Å². The Morgan fingerprint density at radius 2 is 2.09 bits per heavy atom. The molecule has 118 valence electrons. The molecule has 1 aliphatic heterocycles. The van der Waals surface area contributed by atoms with Gasteiger partial charge in [-0.05, 0) is 25.0 Å². The third-order valence-electron chi connectivity index (χ3n) is 4.29. The Morgan fingerprint density at radius 3 is 2.86 bits per heavy atom. The maximum absolute atomic E-state index is 12.4. The lowest BCUT2D eigenvalue weighted by atomic mass is 9.94. The molecule has 1 fully saturated rings. The van der Waals surface area contributed by atoms with Gasteiger partial charge in [0, 0.05) is 49.6 Å². The Bertz CT molecular complexity index is 556. The van der Waals surface area contributed by atoms with Gasteiger partial charge < -0.3 is 15.7 Å². The van der Waals surface area contributed by atoms with Crippen LogP contribution in [0.3, 0.4) is 0 Å². The summed E-state index contributed by atoms with van der Waals surface area (Å²) in [4.78, 5) is 14.3. The number of nitrogens with zero attached hydrogens (tertiary/aromatic N) is 1. The number of benzene rings is 1. The summed E-state index contributed by atoms with van der Waals surface area (Å²) in [6, 6.07) is 9.94. The number of carbonyl (C=O) groups excluding carboxylic acids is 1. The number of hydrogen-bond donors (Lipinski definition) is 3. The van der Waals surface area contributed by atoms with Crippen molar-refractivity contribution in [1.29, 1.82) is 0 Å². The second kappa shape index (κ2) is 7.05. The van der Waals surface area contributed by atoms with Crippen molar-refractivity contribution in [2.24, 2.45) is 0 Å². The van der Waals surface area contributed by atoms with Crippen molar-refractivity contribution in [3.05, 3.63) is 41.6 Å². The van der Waals surface area contributed by atoms with Gasteiger partial charge in [0.2, 0.25) is 0 Å². The zero-order chi connectivity index (χ0) is 15.4. The fourth-order valence-electron chi connectivity index (χ4n) is 3.03. The summed E-state index contributed by atoms with van der Waals surface area (Å²) in [5.74, 6) is 0.204. The number of para-hydroxylation sites is 1. The fraction of sp³-hybridized carbons (Fsp3) is 0.471. The second-order valence-electron chi connectivity index (χ2n) is 5.88. The second-order valence-corrected chi connectivity index (χ2v) is 5.88. The van der Waals surface area contributed by atoms with Gasteiger partial charge in [0.25, 0.3) is 0 Å². The number of piperazine rings is 1. The third kappa shape index (κ3) is 3.55. The highest BCUT2D eigenvalue weighted by atomic mass is 16.3. The van der Waals surface area contributed by atoms with Crippen LogP contribution in [-0.2, 0) is 4.79 Å². The SMILES string of the molecule is O=C1CCCC(Nc2ccccc2)=C1CN1CCNCC1O. The number of Topliss-reactive ketones (excluding diaryl/α,β-unsaturated/α-hetero) is 1. The van der Waals surface area contributed by atoms with Crippen molar-refractivity contribution in [3.8, 4) is 0 Å². The van der Waals surface area contributed by atoms with E-state index in [9.17, 15) is 9.90 Å². The van der Waals surface area contributed by atoms with Crippen LogP contribution in [0.5, 0.6) is 0 Å². The quantitative estimate of drug-likeness (QED) is 0.783. The van der Waals surface area contributed by atoms with Gasteiger partial charge in [0.05, 0.1) is 0 Å². The Hall–Kier alpha value is -1.69. The average Bonchev–Trinajstić information content (AvgIpc) is 2.53. The number of carbonyl (C=O) groups is 1. The Balaban J connectivity index is 1.80. The van der Waals surface area contributed by atoms with Crippen molar-refractivity contribution in [1.82, 2.24) is 10.2 Å². The lowest BCUT2D eigenvalue weighted by Crippen LogP contribution is -2.52. The van der Waals surface area contributed by atoms with Crippen LogP contribution in [0.15, 0.2) is 41.6 Å². The van der Waals surface area contributed by atoms with E-state index in [1.807, 2.05) is 35.2 Å². The van der Waals surface area contributed by atoms with Gasteiger partial charge in [-0.25, -0.2) is 0 Å². The number of nitrogens with one attached hydrogen (secondary N) is 2. The molecule has 1 atom stereocenters. The number of ketones is 1. The van der Waals surface area contributed by atoms with Crippen LogP contribution in [0, 0.1) is 0 Å². The molecule has 0 amide bonds. The number of β-amino-alcohol motifs (C(OH)–C–C–N with tert-alkyl or cyclic N) is 1. The molecule has 5 nitrogen and oxygen atoms in total. The fourth-order valence-corrected chi connectivity index (χ4v) is 3.03. The number of rotatable bonds is 4. The zero-order valence-corrected chi connectivity index (χ0v) is 12.7. The van der Waals surface area contributed by atoms with Crippen LogP contribution in [0.1, 0.15) is 19.3 Å². The first-order chi connectivity index (χ1) is 10.7. The molecule has 0 aromatic heterocycles. The van der Waals surface area contributed by atoms with Crippen LogP contribution < -0.4 is 10.6 Å². The molecule has 2 aliphatic rings. The predicted octanol–water partition coefficient (Wildman–Crippen LogP) is 1.33. The molecule has 3 rings (SSSR count). The van der Waals surface area contributed by atoms with E-state index in [4.69, 9.17) is 0 Å². The molecule has 5 heteroatoms. The highest BCUT2D eigenvalue weighted by Crippen LogP contribution is 2.25. The largest absolute Gasteiger partial charge is 0.377 e. The van der Waals surface area contributed by atoms with Crippen LogP contribution in [0.2, 0.25) is 0 Å². The van der Waals surface area contributed by atoms with Crippen molar-refractivity contribution < 1.29 is 9.90 Å². The predicted molar refractivity (Wildman–Crippen MR) is 86.4 cm³/mol. The van der Waals surface area contributed by atoms with Gasteiger partial charge in [-0.15, -0.1) is 0 Å². The lowest BCUT2D eigenvalue weighted by Gasteiger charge is -2.34. The molecule has 1 heterocycles. The molecule has 0 bridgehead atoms. The maximum atomic E-state index is 12.4. The van der Waals surface area contributed by atoms with Gasteiger partial charge in [-0.2, -0.15) is 0 Å². The number of allylic oxidation sites excluding steroid dienone is 1. The van der Waals surface area contributed by atoms with Gasteiger partial charge in [-0.3, -0.25) is 9.69 Å². The van der Waals surface area contributed by atoms with Gasteiger partial charge >= 0.3 is 0 Å². The Labute approximate surface area is 131 Å². The summed E-state index contributed by atoms with van der Waals surface area (Å²) in [5.41, 5.74) is 2.84. The van der Waals surface area contributed by atoms with Crippen LogP contribution in [0.4, 0.5) is 5.69 Å². The topological polar surface area (TPSA) is 64.6 Å². The molecule has 0 spiro atoms. The average molecular weight is 301 g/mol. The smallest absolute Gasteiger partial charge is 0.161 e. The van der Waals surface area contributed by atoms with E-state index in [0.29, 0.717) is 19.5 Å². The van der Waals surface area contributed by atoms with E-state index in [1.165, 1.54) is 0 Å². The summed E-state index contributed by atoms with van der Waals surface area (Å²) < 4.78 is 0. The third-order valence-corrected chi connectivity index (χ3v) is 4.29. The van der Waals surface area contributed by atoms with Crippen LogP contribution in [-0.4, -0.2) is 48.2 Å². The van der Waals surface area contributed by atoms with Crippen molar-refractivity contribution in [3.63, 3.8) is 0 Å². The Kier molecular flexibility index (Phi) is 4.87. The first-order valence-corrected chi connectivity index (χ1v) is 7.94. The molecule has 0 radical (unpaired) electrons. The molecular formula is C17H23N3O2. The number of aliphatic hydroxyl groups is 1. The van der Waals surface area contributed by atoms with Gasteiger partial charge in [0.1, 0.15) is 6.23 Å². The molecule has 1 aliphatic carbocycles. The summed E-state index contributed by atoms with van der Waals surface area (Å²) in [6.45, 7) is 2.69. The minimum atomic E-state index is -0.519. The molecule has 1 aromatic carbocycles. The number of anilines is 1. The van der Waals surface area contributed by atoms with E-state index < -0.39 is 6.23 Å². The summed E-state index contributed by atoms with van der Waals surface area (Å²) in [7, 11) is 0. The van der Waals surface area contributed by atoms with Crippen LogP contribution in [0.25, 0.3) is 0 Å². The molecule has 1 saturated heterocycles. The highest BCUT2D eigenvalue weighted by Gasteiger charge is 2.26. The van der Waals surface area contributed by atoms with Crippen molar-refractivity contribution in [2.75, 3.05) is 31.5 Å². The summed E-state index contributed by atoms with van der Waals surface area (Å²) in [5, 5.41) is 16.6. The minimum Gasteiger partial charge on any atom is -0.377 e. The molecule has 3 N–H and O–H groups in total. The first kappa shape index (κ1) is 15.2. The first-order valence-electron chi connectivity index (χ1n) is 7.94. The highest BCUT2D eigenvalue weighted by molar-refractivity contribution is 5.97. The minimum absolute atomic E-state index is 0.204. The molecule has 0 saturated carbocycles. The monoisotopic (exact) mass is 301 g/mol. The summed E-state index contributed by atoms with van der Waals surface area (Å²) >= 11 is 0. The standard InChI is InChI=1S/C17H23N3O2/c21-16-8-4-7-15(19-13-5-2-1-3-6-13)14(16)12-20-10-9-18-11-17(20)22/h1-3,5-6,17-19,22H,4,7-12H2. The molecule has 1 aromatic rings. The van der Waals surface area contributed by atoms with Crippen molar-refractivity contribution >= 4 is 11.5 Å². The van der Waals surface area contributed by atoms with E-state index in [-0.39, 0.29) is 5.78 Å². The maximum Gasteiger partial charge on any atom is 0.161 e. The van der Waals surface area contributed by atoms with E-state index >= 15 is 0 Å². The Morgan fingerprint density at radius 1 is 1.27 bits per heavy atom. The van der Waals surface area contributed by atoms with Gasteiger partial charge in [0.15, 0.2) is 5.78 Å². The molecule has 1 unspecified atom stereocenters. The number of hydrogen-bond acceptors (Lipinski definition) is 5. The van der Waals surface area contributed by atoms with Gasteiger partial charge in [-0.1, -0.05) is 18.2 Å². The van der Waals surface area contributed by atoms with E-state index in [2.05, 4.69) is 10.6 Å². The van der Waals surface area contributed by atoms with E-state index in [0.717, 1.165) is 42.9 Å². The molecular weight excluding hydrogens is 278 g/mol. The lowest BCUT2D eigenvalue weighted by molar-refractivity contribution is -0.116. The van der Waals surface area contributed by atoms with Crippen LogP contribution >= 0.6 is 0 Å².